The lowest BCUT2D eigenvalue weighted by molar-refractivity contribution is 0.0308. The predicted molar refractivity (Wildman–Crippen MR) is 125 cm³/mol. The van der Waals surface area contributed by atoms with Crippen LogP contribution >= 0.6 is 0 Å². The van der Waals surface area contributed by atoms with E-state index in [-0.39, 0.29) is 28.4 Å². The van der Waals surface area contributed by atoms with Gasteiger partial charge in [-0.25, -0.2) is 22.5 Å². The van der Waals surface area contributed by atoms with Crippen molar-refractivity contribution in [2.75, 3.05) is 5.32 Å². The monoisotopic (exact) mass is 488 g/mol. The van der Waals surface area contributed by atoms with Crippen LogP contribution in [0.3, 0.4) is 0 Å². The molecule has 0 bridgehead atoms. The van der Waals surface area contributed by atoms with Gasteiger partial charge in [0.15, 0.2) is 11.6 Å². The Hall–Kier alpha value is -3.08. The zero-order valence-electron chi connectivity index (χ0n) is 18.8. The number of ether oxygens (including phenoxy) is 1. The van der Waals surface area contributed by atoms with Crippen LogP contribution in [0.25, 0.3) is 0 Å². The molecular weight excluding hydrogens is 462 g/mol. The summed E-state index contributed by atoms with van der Waals surface area (Å²) < 4.78 is 59.0. The largest absolute Gasteiger partial charge is 0.372 e. The smallest absolute Gasteiger partial charge is 0.272 e. The van der Waals surface area contributed by atoms with Gasteiger partial charge in [0, 0.05) is 36.6 Å². The number of nitrogens with one attached hydrogen (secondary N) is 3. The molecule has 2 heterocycles. The van der Waals surface area contributed by atoms with E-state index >= 15 is 0 Å². The van der Waals surface area contributed by atoms with Gasteiger partial charge < -0.3 is 14.6 Å². The van der Waals surface area contributed by atoms with E-state index < -0.39 is 27.5 Å². The number of fused-ring (bicyclic) bond motifs is 1. The van der Waals surface area contributed by atoms with Crippen LogP contribution in [0.5, 0.6) is 0 Å². The van der Waals surface area contributed by atoms with Crippen LogP contribution in [0.1, 0.15) is 35.0 Å². The van der Waals surface area contributed by atoms with E-state index in [0.717, 1.165) is 17.7 Å². The lowest BCUT2D eigenvalue weighted by Crippen LogP contribution is -2.41. The van der Waals surface area contributed by atoms with E-state index in [1.165, 1.54) is 16.8 Å². The topological polar surface area (TPSA) is 96.2 Å². The average Bonchev–Trinajstić information content (AvgIpc) is 3.09. The maximum atomic E-state index is 13.6. The van der Waals surface area contributed by atoms with Gasteiger partial charge in [-0.3, -0.25) is 4.79 Å². The number of hydrogen-bond acceptors (Lipinski definition) is 4. The molecule has 3 aromatic rings. The lowest BCUT2D eigenvalue weighted by atomic mass is 10.0. The molecule has 2 aromatic carbocycles. The molecule has 1 aliphatic rings. The molecule has 0 spiro atoms. The fourth-order valence-corrected chi connectivity index (χ4v) is 5.80. The van der Waals surface area contributed by atoms with Gasteiger partial charge in [0.05, 0.1) is 17.6 Å². The fraction of sp³-hybridized carbons (Fsp3) is 0.292. The molecule has 7 nitrogen and oxygen atoms in total. The highest BCUT2D eigenvalue weighted by Gasteiger charge is 2.33. The molecule has 10 heteroatoms. The van der Waals surface area contributed by atoms with Crippen LogP contribution in [0, 0.1) is 16.4 Å². The molecule has 180 valence electrons. The molecule has 0 saturated heterocycles. The Kier molecular flexibility index (Phi) is 6.83. The summed E-state index contributed by atoms with van der Waals surface area (Å²) >= 11 is 0. The van der Waals surface area contributed by atoms with Crippen molar-refractivity contribution in [2.45, 2.75) is 43.4 Å². The zero-order valence-corrected chi connectivity index (χ0v) is 19.6. The molecule has 0 radical (unpaired) electrons. The molecule has 1 unspecified atom stereocenters. The number of rotatable bonds is 6. The summed E-state index contributed by atoms with van der Waals surface area (Å²) in [5.74, 6) is -2.65. The first kappa shape index (κ1) is 24.1. The van der Waals surface area contributed by atoms with Gasteiger partial charge in [-0.05, 0) is 37.5 Å². The minimum atomic E-state index is -3.42. The Balaban J connectivity index is 1.53. The molecule has 1 amide bonds. The molecule has 34 heavy (non-hydrogen) atoms. The third-order valence-electron chi connectivity index (χ3n) is 5.89. The van der Waals surface area contributed by atoms with E-state index in [1.54, 1.807) is 7.05 Å². The van der Waals surface area contributed by atoms with Gasteiger partial charge in [0.1, 0.15) is 15.6 Å². The number of amides is 1. The molecule has 3 atom stereocenters. The molecule has 1 aromatic heterocycles. The first-order valence-corrected chi connectivity index (χ1v) is 12.4. The van der Waals surface area contributed by atoms with Crippen LogP contribution in [-0.2, 0) is 34.7 Å². The highest BCUT2D eigenvalue weighted by atomic mass is 32.2. The van der Waals surface area contributed by atoms with E-state index in [0.29, 0.717) is 25.0 Å². The van der Waals surface area contributed by atoms with Crippen molar-refractivity contribution in [3.05, 3.63) is 83.2 Å². The number of carbonyl (C=O) groups is 1. The van der Waals surface area contributed by atoms with Gasteiger partial charge in [0.2, 0.25) is 0 Å². The molecule has 0 aliphatic carbocycles. The molecule has 3 N–H and O–H groups in total. The minimum Gasteiger partial charge on any atom is -0.372 e. The summed E-state index contributed by atoms with van der Waals surface area (Å²) in [6.45, 7) is 2.25. The first-order valence-electron chi connectivity index (χ1n) is 10.8. The Morgan fingerprint density at radius 2 is 2.00 bits per heavy atom. The van der Waals surface area contributed by atoms with Crippen molar-refractivity contribution < 1.29 is 22.5 Å². The number of aromatic nitrogens is 1. The van der Waals surface area contributed by atoms with Crippen molar-refractivity contribution in [1.82, 2.24) is 9.29 Å². The molecule has 1 aliphatic heterocycles. The second-order valence-corrected chi connectivity index (χ2v) is 10.1. The number of carbonyl (C=O) groups excluding carboxylic acids is 1. The average molecular weight is 489 g/mol. The van der Waals surface area contributed by atoms with E-state index in [2.05, 4.69) is 10.0 Å². The normalized spacial score (nSPS) is 20.9. The van der Waals surface area contributed by atoms with E-state index in [9.17, 15) is 17.8 Å². The van der Waals surface area contributed by atoms with Gasteiger partial charge >= 0.3 is 0 Å². The van der Waals surface area contributed by atoms with Crippen LogP contribution in [-0.4, -0.2) is 26.8 Å². The highest BCUT2D eigenvalue weighted by Crippen LogP contribution is 2.29. The van der Waals surface area contributed by atoms with Crippen molar-refractivity contribution >= 4 is 21.5 Å². The SMILES string of the molecule is C[C@@H](OCc1ccccc1)[C@H]1CCc2c(cn(C)c2C(=O)Nc2ccc(F)c(F)c2)S(=N)(=O)N1. The van der Waals surface area contributed by atoms with Gasteiger partial charge in [-0.2, -0.15) is 0 Å². The van der Waals surface area contributed by atoms with Crippen LogP contribution < -0.4 is 10.0 Å². The Labute approximate surface area is 197 Å². The summed E-state index contributed by atoms with van der Waals surface area (Å²) in [7, 11) is -1.80. The van der Waals surface area contributed by atoms with Crippen LogP contribution in [0.15, 0.2) is 59.6 Å². The summed E-state index contributed by atoms with van der Waals surface area (Å²) in [5, 5.41) is 2.56. The van der Waals surface area contributed by atoms with Gasteiger partial charge in [-0.1, -0.05) is 30.3 Å². The second-order valence-electron chi connectivity index (χ2n) is 8.34. The maximum absolute atomic E-state index is 13.6. The lowest BCUT2D eigenvalue weighted by Gasteiger charge is -2.24. The van der Waals surface area contributed by atoms with Gasteiger partial charge in [0.25, 0.3) is 5.91 Å². The van der Waals surface area contributed by atoms with Crippen molar-refractivity contribution in [2.24, 2.45) is 7.05 Å². The van der Waals surface area contributed by atoms with Gasteiger partial charge in [-0.15, -0.1) is 0 Å². The first-order chi connectivity index (χ1) is 16.2. The summed E-state index contributed by atoms with van der Waals surface area (Å²) in [4.78, 5) is 13.3. The van der Waals surface area contributed by atoms with E-state index in [4.69, 9.17) is 9.52 Å². The Bertz CT molecular complexity index is 1310. The number of halogens is 2. The van der Waals surface area contributed by atoms with Crippen molar-refractivity contribution in [3.63, 3.8) is 0 Å². The number of benzene rings is 2. The molecule has 0 fully saturated rings. The summed E-state index contributed by atoms with van der Waals surface area (Å²) in [6.07, 6.45) is 2.07. The van der Waals surface area contributed by atoms with Crippen molar-refractivity contribution in [3.8, 4) is 0 Å². The number of hydrogen-bond donors (Lipinski definition) is 3. The number of aryl methyl sites for hydroxylation is 1. The van der Waals surface area contributed by atoms with Crippen LogP contribution in [0.4, 0.5) is 14.5 Å². The summed E-state index contributed by atoms with van der Waals surface area (Å²) in [6, 6.07) is 12.4. The predicted octanol–water partition coefficient (Wildman–Crippen LogP) is 4.39. The number of nitrogens with zero attached hydrogens (tertiary/aromatic N) is 1. The highest BCUT2D eigenvalue weighted by molar-refractivity contribution is 7.90. The summed E-state index contributed by atoms with van der Waals surface area (Å²) in [5.41, 5.74) is 1.82. The molecule has 4 rings (SSSR count). The van der Waals surface area contributed by atoms with Crippen molar-refractivity contribution in [1.29, 1.82) is 4.78 Å². The fourth-order valence-electron chi connectivity index (χ4n) is 4.08. The maximum Gasteiger partial charge on any atom is 0.272 e. The molecular formula is C24H26F2N4O3S. The number of anilines is 1. The minimum absolute atomic E-state index is 0.0954. The Morgan fingerprint density at radius 1 is 1.26 bits per heavy atom. The zero-order chi connectivity index (χ0) is 24.5. The Morgan fingerprint density at radius 3 is 2.71 bits per heavy atom. The molecule has 0 saturated carbocycles. The second kappa shape index (κ2) is 9.65. The quantitative estimate of drug-likeness (QED) is 0.480. The van der Waals surface area contributed by atoms with Crippen LogP contribution in [0.2, 0.25) is 0 Å². The third-order valence-corrected chi connectivity index (χ3v) is 7.50. The third kappa shape index (κ3) is 5.03. The van der Waals surface area contributed by atoms with E-state index in [1.807, 2.05) is 37.3 Å². The standard InChI is InChI=1S/C24H26F2N4O3S/c1-15(33-14-16-6-4-3-5-7-16)21-11-9-18-22(34(27,32)29-21)13-30(2)23(18)24(31)28-17-8-10-19(25)20(26)12-17/h3-8,10,12-13,15,21H,9,11,14H2,1-2H3,(H,28,31)(H2,27,29,32)/t15-,21-,34?/m1/s1.